The van der Waals surface area contributed by atoms with Crippen molar-refractivity contribution >= 4 is 6.03 Å². The Labute approximate surface area is 91.2 Å². The first kappa shape index (κ1) is 13.1. The minimum absolute atomic E-state index is 0.296. The van der Waals surface area contributed by atoms with Gasteiger partial charge in [0.25, 0.3) is 0 Å². The number of halogens is 3. The van der Waals surface area contributed by atoms with E-state index in [1.807, 2.05) is 0 Å². The molecule has 0 saturated heterocycles. The first-order valence-electron chi connectivity index (χ1n) is 4.92. The molecule has 2 unspecified atom stereocenters. The number of hydrogen-bond acceptors (Lipinski definition) is 2. The number of rotatable bonds is 2. The van der Waals surface area contributed by atoms with Crippen molar-refractivity contribution in [3.63, 3.8) is 0 Å². The quantitative estimate of drug-likeness (QED) is 0.674. The topological polar surface area (TPSA) is 61.4 Å². The lowest BCUT2D eigenvalue weighted by molar-refractivity contribution is -0.123. The van der Waals surface area contributed by atoms with Crippen LogP contribution in [0.4, 0.5) is 18.0 Å². The van der Waals surface area contributed by atoms with Gasteiger partial charge in [0.05, 0.1) is 6.10 Å². The minimum Gasteiger partial charge on any atom is -0.392 e. The van der Waals surface area contributed by atoms with Gasteiger partial charge >= 0.3 is 12.2 Å². The molecule has 0 aromatic heterocycles. The molecule has 0 aromatic rings. The number of hydrogen-bond donors (Lipinski definition) is 3. The number of alkyl halides is 3. The molecule has 2 atom stereocenters. The molecule has 1 rings (SSSR count). The molecule has 0 aromatic carbocycles. The highest BCUT2D eigenvalue weighted by atomic mass is 19.4. The van der Waals surface area contributed by atoms with Crippen molar-refractivity contribution in [2.24, 2.45) is 5.41 Å². The summed E-state index contributed by atoms with van der Waals surface area (Å²) in [5.41, 5.74) is -0.491. The third kappa shape index (κ3) is 3.01. The fourth-order valence-corrected chi connectivity index (χ4v) is 1.54. The number of nitrogens with one attached hydrogen (secondary N) is 2. The highest BCUT2D eigenvalue weighted by molar-refractivity contribution is 5.74. The number of carbonyl (C=O) groups excluding carboxylic acids is 1. The molecule has 0 aliphatic heterocycles. The molecule has 1 aliphatic carbocycles. The standard InChI is InChI=1S/C9H15F3N2O2/c1-8(2)5(3-6(8)15)14-7(16)13-4-9(10,11)12/h5-6,15H,3-4H2,1-2H3,(H2,13,14,16). The average Bonchev–Trinajstić information content (AvgIpc) is 2.13. The molecular formula is C9H15F3N2O2. The summed E-state index contributed by atoms with van der Waals surface area (Å²) in [5.74, 6) is 0. The van der Waals surface area contributed by atoms with Gasteiger partial charge in [-0.3, -0.25) is 0 Å². The number of aliphatic hydroxyl groups is 1. The van der Waals surface area contributed by atoms with Crippen molar-refractivity contribution in [2.75, 3.05) is 6.54 Å². The summed E-state index contributed by atoms with van der Waals surface area (Å²) in [4.78, 5) is 11.1. The number of aliphatic hydroxyl groups excluding tert-OH is 1. The Morgan fingerprint density at radius 1 is 1.50 bits per heavy atom. The van der Waals surface area contributed by atoms with E-state index in [1.54, 1.807) is 19.2 Å². The molecule has 1 aliphatic rings. The van der Waals surface area contributed by atoms with Crippen LogP contribution >= 0.6 is 0 Å². The monoisotopic (exact) mass is 240 g/mol. The third-order valence-electron chi connectivity index (χ3n) is 2.97. The summed E-state index contributed by atoms with van der Waals surface area (Å²) in [5, 5.41) is 13.5. The van der Waals surface area contributed by atoms with Crippen molar-refractivity contribution in [3.8, 4) is 0 Å². The van der Waals surface area contributed by atoms with E-state index in [-0.39, 0.29) is 6.04 Å². The lowest BCUT2D eigenvalue weighted by Gasteiger charge is -2.49. The highest BCUT2D eigenvalue weighted by Crippen LogP contribution is 2.40. The second kappa shape index (κ2) is 4.12. The van der Waals surface area contributed by atoms with Crippen LogP contribution in [-0.4, -0.2) is 36.0 Å². The minimum atomic E-state index is -4.41. The zero-order valence-electron chi connectivity index (χ0n) is 9.06. The van der Waals surface area contributed by atoms with E-state index in [1.165, 1.54) is 0 Å². The van der Waals surface area contributed by atoms with Crippen molar-refractivity contribution in [3.05, 3.63) is 0 Å². The van der Waals surface area contributed by atoms with E-state index in [2.05, 4.69) is 5.32 Å². The smallest absolute Gasteiger partial charge is 0.392 e. The van der Waals surface area contributed by atoms with Crippen molar-refractivity contribution in [2.45, 2.75) is 38.6 Å². The maximum absolute atomic E-state index is 11.8. The molecule has 7 heteroatoms. The predicted octanol–water partition coefficient (Wildman–Crippen LogP) is 1.01. The van der Waals surface area contributed by atoms with Gasteiger partial charge in [-0.05, 0) is 6.42 Å². The van der Waals surface area contributed by atoms with Crippen molar-refractivity contribution in [1.82, 2.24) is 10.6 Å². The molecule has 1 fully saturated rings. The lowest BCUT2D eigenvalue weighted by Crippen LogP contribution is -2.62. The van der Waals surface area contributed by atoms with Crippen LogP contribution < -0.4 is 10.6 Å². The summed E-state index contributed by atoms with van der Waals surface area (Å²) in [6.07, 6.45) is -4.57. The Morgan fingerprint density at radius 2 is 2.06 bits per heavy atom. The summed E-state index contributed by atoms with van der Waals surface area (Å²) < 4.78 is 35.3. The Balaban J connectivity index is 2.31. The molecule has 0 heterocycles. The molecule has 2 amide bonds. The Hall–Kier alpha value is -0.980. The van der Waals surface area contributed by atoms with E-state index in [0.29, 0.717) is 6.42 Å². The fraction of sp³-hybridized carbons (Fsp3) is 0.889. The highest BCUT2D eigenvalue weighted by Gasteiger charge is 2.48. The first-order valence-corrected chi connectivity index (χ1v) is 4.92. The lowest BCUT2D eigenvalue weighted by atomic mass is 9.65. The number of amides is 2. The fourth-order valence-electron chi connectivity index (χ4n) is 1.54. The zero-order chi connectivity index (χ0) is 12.6. The van der Waals surface area contributed by atoms with Gasteiger partial charge < -0.3 is 15.7 Å². The molecule has 3 N–H and O–H groups in total. The summed E-state index contributed by atoms with van der Waals surface area (Å²) >= 11 is 0. The van der Waals surface area contributed by atoms with Gasteiger partial charge in [0.1, 0.15) is 6.54 Å². The maximum atomic E-state index is 11.8. The van der Waals surface area contributed by atoms with Crippen LogP contribution in [0.2, 0.25) is 0 Å². The van der Waals surface area contributed by atoms with E-state index >= 15 is 0 Å². The van der Waals surface area contributed by atoms with Gasteiger partial charge in [-0.25, -0.2) is 4.79 Å². The van der Waals surface area contributed by atoms with Crippen LogP contribution in [0.15, 0.2) is 0 Å². The number of carbonyl (C=O) groups is 1. The Bertz CT molecular complexity index is 278. The molecule has 0 radical (unpaired) electrons. The predicted molar refractivity (Wildman–Crippen MR) is 50.8 cm³/mol. The van der Waals surface area contributed by atoms with E-state index in [4.69, 9.17) is 0 Å². The second-order valence-corrected chi connectivity index (χ2v) is 4.57. The normalized spacial score (nSPS) is 28.1. The maximum Gasteiger partial charge on any atom is 0.405 e. The van der Waals surface area contributed by atoms with E-state index < -0.39 is 30.3 Å². The first-order chi connectivity index (χ1) is 7.13. The third-order valence-corrected chi connectivity index (χ3v) is 2.97. The van der Waals surface area contributed by atoms with E-state index in [9.17, 15) is 23.1 Å². The SMILES string of the molecule is CC1(C)C(O)CC1NC(=O)NCC(F)(F)F. The Kier molecular flexibility index (Phi) is 3.37. The van der Waals surface area contributed by atoms with Crippen LogP contribution in [0, 0.1) is 5.41 Å². The van der Waals surface area contributed by atoms with Crippen molar-refractivity contribution < 1.29 is 23.1 Å². The molecule has 16 heavy (non-hydrogen) atoms. The van der Waals surface area contributed by atoms with Crippen LogP contribution in [0.3, 0.4) is 0 Å². The van der Waals surface area contributed by atoms with Gasteiger partial charge in [-0.15, -0.1) is 0 Å². The number of urea groups is 1. The van der Waals surface area contributed by atoms with Gasteiger partial charge in [0.2, 0.25) is 0 Å². The average molecular weight is 240 g/mol. The van der Waals surface area contributed by atoms with Gasteiger partial charge in [0.15, 0.2) is 0 Å². The van der Waals surface area contributed by atoms with E-state index in [0.717, 1.165) is 0 Å². The molecule has 1 saturated carbocycles. The molecule has 4 nitrogen and oxygen atoms in total. The summed E-state index contributed by atoms with van der Waals surface area (Å²) in [6, 6.07) is -1.15. The largest absolute Gasteiger partial charge is 0.405 e. The van der Waals surface area contributed by atoms with Gasteiger partial charge in [0, 0.05) is 11.5 Å². The van der Waals surface area contributed by atoms with Crippen LogP contribution in [0.5, 0.6) is 0 Å². The summed E-state index contributed by atoms with van der Waals surface area (Å²) in [6.45, 7) is 2.14. The molecule has 0 bridgehead atoms. The van der Waals surface area contributed by atoms with Crippen LogP contribution in [0.25, 0.3) is 0 Å². The Morgan fingerprint density at radius 3 is 2.44 bits per heavy atom. The molecule has 94 valence electrons. The summed E-state index contributed by atoms with van der Waals surface area (Å²) in [7, 11) is 0. The molecule has 0 spiro atoms. The van der Waals surface area contributed by atoms with Gasteiger partial charge in [-0.2, -0.15) is 13.2 Å². The van der Waals surface area contributed by atoms with Crippen LogP contribution in [0.1, 0.15) is 20.3 Å². The molecular weight excluding hydrogens is 225 g/mol. The second-order valence-electron chi connectivity index (χ2n) is 4.57. The zero-order valence-corrected chi connectivity index (χ0v) is 9.06. The van der Waals surface area contributed by atoms with Crippen LogP contribution in [-0.2, 0) is 0 Å². The van der Waals surface area contributed by atoms with Gasteiger partial charge in [-0.1, -0.05) is 13.8 Å². The van der Waals surface area contributed by atoms with Crippen molar-refractivity contribution in [1.29, 1.82) is 0 Å².